The maximum Gasteiger partial charge on any atom is 0.255 e. The molecule has 5 rings (SSSR count). The van der Waals surface area contributed by atoms with Gasteiger partial charge in [-0.1, -0.05) is 18.2 Å². The lowest BCUT2D eigenvalue weighted by atomic mass is 10.1. The fourth-order valence-electron chi connectivity index (χ4n) is 4.28. The van der Waals surface area contributed by atoms with E-state index in [4.69, 9.17) is 0 Å². The third-order valence-corrected chi connectivity index (χ3v) is 6.51. The van der Waals surface area contributed by atoms with E-state index in [0.717, 1.165) is 28.1 Å². The van der Waals surface area contributed by atoms with Gasteiger partial charge >= 0.3 is 0 Å². The third kappa shape index (κ3) is 6.98. The Morgan fingerprint density at radius 3 is 2.38 bits per heavy atom. The number of pyridine rings is 2. The molecule has 0 unspecified atom stereocenters. The van der Waals surface area contributed by atoms with Crippen LogP contribution in [0.15, 0.2) is 104 Å². The van der Waals surface area contributed by atoms with E-state index < -0.39 is 0 Å². The number of aliphatic hydroxyl groups excluding tert-OH is 1. The van der Waals surface area contributed by atoms with E-state index in [9.17, 15) is 14.7 Å². The Balaban J connectivity index is 1.25. The summed E-state index contributed by atoms with van der Waals surface area (Å²) in [5, 5.41) is 15.7. The first-order valence-electron chi connectivity index (χ1n) is 13.3. The smallest absolute Gasteiger partial charge is 0.255 e. The SMILES string of the molecule is Cc1ccc(NC(=O)c2ccc(CN(CCO)C(=O)c3cccnc3)cc2)cc1Nc1nccc(-c2cccnc2)n1. The molecular formula is C32H29N7O3. The van der Waals surface area contributed by atoms with Crippen LogP contribution in [-0.2, 0) is 6.54 Å². The van der Waals surface area contributed by atoms with Gasteiger partial charge in [-0.15, -0.1) is 0 Å². The summed E-state index contributed by atoms with van der Waals surface area (Å²) in [6.45, 7) is 2.25. The van der Waals surface area contributed by atoms with Gasteiger partial charge < -0.3 is 20.6 Å². The number of aliphatic hydroxyl groups is 1. The third-order valence-electron chi connectivity index (χ3n) is 6.51. The zero-order valence-electron chi connectivity index (χ0n) is 22.9. The Labute approximate surface area is 243 Å². The molecule has 0 aliphatic rings. The van der Waals surface area contributed by atoms with Crippen LogP contribution in [0.5, 0.6) is 0 Å². The number of nitrogens with zero attached hydrogens (tertiary/aromatic N) is 5. The van der Waals surface area contributed by atoms with E-state index in [1.165, 1.54) is 6.20 Å². The molecular weight excluding hydrogens is 530 g/mol. The summed E-state index contributed by atoms with van der Waals surface area (Å²) in [6, 6.07) is 21.6. The van der Waals surface area contributed by atoms with Crippen molar-refractivity contribution in [2.45, 2.75) is 13.5 Å². The second-order valence-corrected chi connectivity index (χ2v) is 9.50. The van der Waals surface area contributed by atoms with Crippen LogP contribution in [-0.4, -0.2) is 54.9 Å². The Morgan fingerprint density at radius 1 is 0.881 bits per heavy atom. The average Bonchev–Trinajstić information content (AvgIpc) is 3.03. The topological polar surface area (TPSA) is 133 Å². The van der Waals surface area contributed by atoms with E-state index in [-0.39, 0.29) is 31.5 Å². The van der Waals surface area contributed by atoms with Gasteiger partial charge in [-0.2, -0.15) is 0 Å². The zero-order chi connectivity index (χ0) is 29.3. The number of nitrogens with one attached hydrogen (secondary N) is 2. The molecule has 0 aliphatic heterocycles. The highest BCUT2D eigenvalue weighted by atomic mass is 16.3. The molecule has 5 aromatic rings. The highest BCUT2D eigenvalue weighted by molar-refractivity contribution is 6.04. The van der Waals surface area contributed by atoms with Gasteiger partial charge in [0.25, 0.3) is 11.8 Å². The van der Waals surface area contributed by atoms with Crippen molar-refractivity contribution in [3.05, 3.63) is 126 Å². The Morgan fingerprint density at radius 2 is 1.67 bits per heavy atom. The van der Waals surface area contributed by atoms with Crippen molar-refractivity contribution in [1.29, 1.82) is 0 Å². The van der Waals surface area contributed by atoms with E-state index in [1.807, 2.05) is 43.3 Å². The van der Waals surface area contributed by atoms with Crippen molar-refractivity contribution < 1.29 is 14.7 Å². The first-order valence-corrected chi connectivity index (χ1v) is 13.3. The van der Waals surface area contributed by atoms with Crippen molar-refractivity contribution in [2.24, 2.45) is 0 Å². The molecule has 42 heavy (non-hydrogen) atoms. The number of hydrogen-bond acceptors (Lipinski definition) is 8. The van der Waals surface area contributed by atoms with Gasteiger partial charge in [-0.25, -0.2) is 9.97 Å². The van der Waals surface area contributed by atoms with Gasteiger partial charge in [0.05, 0.1) is 17.9 Å². The maximum absolute atomic E-state index is 13.0. The average molecular weight is 560 g/mol. The first-order chi connectivity index (χ1) is 20.5. The van der Waals surface area contributed by atoms with Gasteiger partial charge in [-0.05, 0) is 72.6 Å². The summed E-state index contributed by atoms with van der Waals surface area (Å²) < 4.78 is 0. The van der Waals surface area contributed by atoms with Crippen molar-refractivity contribution in [3.8, 4) is 11.3 Å². The lowest BCUT2D eigenvalue weighted by molar-refractivity contribution is 0.0707. The number of hydrogen-bond donors (Lipinski definition) is 3. The second-order valence-electron chi connectivity index (χ2n) is 9.50. The summed E-state index contributed by atoms with van der Waals surface area (Å²) in [6.07, 6.45) is 8.23. The molecule has 3 aromatic heterocycles. The van der Waals surface area contributed by atoms with Crippen molar-refractivity contribution in [2.75, 3.05) is 23.8 Å². The number of benzene rings is 2. The summed E-state index contributed by atoms with van der Waals surface area (Å²) in [5.41, 5.74) is 5.69. The number of carbonyl (C=O) groups is 2. The Hall–Kier alpha value is -5.48. The molecule has 210 valence electrons. The van der Waals surface area contributed by atoms with Crippen LogP contribution < -0.4 is 10.6 Å². The molecule has 3 N–H and O–H groups in total. The molecule has 0 saturated carbocycles. The zero-order valence-corrected chi connectivity index (χ0v) is 22.9. The molecule has 0 fully saturated rings. The van der Waals surface area contributed by atoms with E-state index in [1.54, 1.807) is 66.1 Å². The largest absolute Gasteiger partial charge is 0.395 e. The standard InChI is InChI=1S/C32H29N7O3/c1-22-6-11-27(18-29(22)38-32-35-15-12-28(37-32)25-4-2-13-33-19-25)36-30(41)24-9-7-23(8-10-24)21-39(16-17-40)31(42)26-5-3-14-34-20-26/h2-15,18-20,40H,16-17,21H2,1H3,(H,36,41)(H,35,37,38). The van der Waals surface area contributed by atoms with E-state index >= 15 is 0 Å². The molecule has 0 spiro atoms. The predicted octanol–water partition coefficient (Wildman–Crippen LogP) is 4.87. The van der Waals surface area contributed by atoms with Crippen LogP contribution >= 0.6 is 0 Å². The number of aryl methyl sites for hydroxylation is 1. The molecule has 10 heteroatoms. The molecule has 0 saturated heterocycles. The van der Waals surface area contributed by atoms with E-state index in [0.29, 0.717) is 22.8 Å². The Kier molecular flexibility index (Phi) is 8.85. The van der Waals surface area contributed by atoms with Crippen molar-refractivity contribution in [3.63, 3.8) is 0 Å². The minimum Gasteiger partial charge on any atom is -0.395 e. The second kappa shape index (κ2) is 13.2. The van der Waals surface area contributed by atoms with Gasteiger partial charge in [-0.3, -0.25) is 19.6 Å². The van der Waals surface area contributed by atoms with Gasteiger partial charge in [0, 0.05) is 66.6 Å². The molecule has 3 heterocycles. The quantitative estimate of drug-likeness (QED) is 0.221. The van der Waals surface area contributed by atoms with Crippen LogP contribution in [0.25, 0.3) is 11.3 Å². The molecule has 0 aliphatic carbocycles. The molecule has 2 amide bonds. The Bertz CT molecular complexity index is 1660. The number of anilines is 3. The van der Waals surface area contributed by atoms with Crippen molar-refractivity contribution >= 4 is 29.1 Å². The van der Waals surface area contributed by atoms with Crippen LogP contribution in [0.4, 0.5) is 17.3 Å². The number of aromatic nitrogens is 4. The van der Waals surface area contributed by atoms with Crippen LogP contribution in [0.3, 0.4) is 0 Å². The minimum absolute atomic E-state index is 0.165. The van der Waals surface area contributed by atoms with Crippen LogP contribution in [0.2, 0.25) is 0 Å². The minimum atomic E-state index is -0.273. The lowest BCUT2D eigenvalue weighted by Crippen LogP contribution is -2.33. The monoisotopic (exact) mass is 559 g/mol. The fraction of sp³-hybridized carbons (Fsp3) is 0.125. The van der Waals surface area contributed by atoms with Gasteiger partial charge in [0.15, 0.2) is 0 Å². The number of rotatable bonds is 10. The number of amides is 2. The van der Waals surface area contributed by atoms with Gasteiger partial charge in [0.2, 0.25) is 5.95 Å². The highest BCUT2D eigenvalue weighted by Crippen LogP contribution is 2.25. The highest BCUT2D eigenvalue weighted by Gasteiger charge is 2.16. The summed E-state index contributed by atoms with van der Waals surface area (Å²) in [7, 11) is 0. The molecule has 0 atom stereocenters. The van der Waals surface area contributed by atoms with Gasteiger partial charge in [0.1, 0.15) is 0 Å². The summed E-state index contributed by atoms with van der Waals surface area (Å²) >= 11 is 0. The summed E-state index contributed by atoms with van der Waals surface area (Å²) in [5.74, 6) is -0.0717. The number of carbonyl (C=O) groups excluding carboxylic acids is 2. The maximum atomic E-state index is 13.0. The van der Waals surface area contributed by atoms with Crippen molar-refractivity contribution in [1.82, 2.24) is 24.8 Å². The lowest BCUT2D eigenvalue weighted by Gasteiger charge is -2.22. The molecule has 2 aromatic carbocycles. The van der Waals surface area contributed by atoms with Crippen LogP contribution in [0.1, 0.15) is 31.8 Å². The summed E-state index contributed by atoms with van der Waals surface area (Å²) in [4.78, 5) is 44.5. The van der Waals surface area contributed by atoms with E-state index in [2.05, 4.69) is 30.6 Å². The molecule has 0 bridgehead atoms. The first kappa shape index (κ1) is 28.1. The molecule has 10 nitrogen and oxygen atoms in total. The normalized spacial score (nSPS) is 10.6. The fourth-order valence-corrected chi connectivity index (χ4v) is 4.28. The predicted molar refractivity (Wildman–Crippen MR) is 160 cm³/mol. The van der Waals surface area contributed by atoms with Crippen LogP contribution in [0, 0.1) is 6.92 Å². The molecule has 0 radical (unpaired) electrons.